The Morgan fingerprint density at radius 3 is 2.40 bits per heavy atom. The van der Waals surface area contributed by atoms with Crippen molar-refractivity contribution in [2.75, 3.05) is 6.54 Å². The lowest BCUT2D eigenvalue weighted by Gasteiger charge is -2.11. The molecule has 1 N–H and O–H groups in total. The van der Waals surface area contributed by atoms with Crippen molar-refractivity contribution >= 4 is 56.2 Å². The van der Waals surface area contributed by atoms with Gasteiger partial charge < -0.3 is 0 Å². The van der Waals surface area contributed by atoms with Gasteiger partial charge in [-0.3, -0.25) is 0 Å². The summed E-state index contributed by atoms with van der Waals surface area (Å²) in [6, 6.07) is 10.5. The highest BCUT2D eigenvalue weighted by atomic mass is 35.5. The Morgan fingerprint density at radius 1 is 1.20 bits per heavy atom. The van der Waals surface area contributed by atoms with Gasteiger partial charge in [-0.05, 0) is 11.6 Å². The first kappa shape index (κ1) is 16.1. The van der Waals surface area contributed by atoms with Crippen molar-refractivity contribution in [1.82, 2.24) is 4.72 Å². The third-order valence-electron chi connectivity index (χ3n) is 2.53. The fraction of sp³-hybridized carbons (Fsp3) is 0.167. The highest BCUT2D eigenvalue weighted by molar-refractivity contribution is 7.89. The lowest BCUT2D eigenvalue weighted by Crippen LogP contribution is -2.27. The Labute approximate surface area is 136 Å². The van der Waals surface area contributed by atoms with E-state index >= 15 is 0 Å². The molecule has 108 valence electrons. The maximum Gasteiger partial charge on any atom is 0.243 e. The molecule has 1 aromatic carbocycles. The molecule has 0 aliphatic rings. The maximum absolute atomic E-state index is 12.1. The Bertz CT molecular complexity index is 686. The summed E-state index contributed by atoms with van der Waals surface area (Å²) in [6.45, 7) is 0.0672. The fourth-order valence-corrected chi connectivity index (χ4v) is 5.06. The van der Waals surface area contributed by atoms with Crippen LogP contribution < -0.4 is 4.72 Å². The van der Waals surface area contributed by atoms with Crippen molar-refractivity contribution in [1.29, 1.82) is 0 Å². The maximum atomic E-state index is 12.1. The minimum atomic E-state index is -3.71. The Hall–Kier alpha value is -0.300. The molecule has 2 aromatic rings. The van der Waals surface area contributed by atoms with E-state index in [4.69, 9.17) is 34.8 Å². The van der Waals surface area contributed by atoms with E-state index in [0.29, 0.717) is 4.34 Å². The fourth-order valence-electron chi connectivity index (χ4n) is 1.55. The third kappa shape index (κ3) is 3.87. The number of halogens is 3. The van der Waals surface area contributed by atoms with Crippen LogP contribution in [0.2, 0.25) is 8.67 Å². The first-order valence-electron chi connectivity index (χ1n) is 5.53. The Morgan fingerprint density at radius 2 is 1.85 bits per heavy atom. The van der Waals surface area contributed by atoms with Crippen molar-refractivity contribution in [3.63, 3.8) is 0 Å². The predicted octanol–water partition coefficient (Wildman–Crippen LogP) is 4.31. The molecule has 1 unspecified atom stereocenters. The van der Waals surface area contributed by atoms with Gasteiger partial charge in [-0.25, -0.2) is 13.1 Å². The quantitative estimate of drug-likeness (QED) is 0.797. The molecule has 0 saturated heterocycles. The Balaban J connectivity index is 2.08. The molecule has 0 bridgehead atoms. The molecule has 0 fully saturated rings. The van der Waals surface area contributed by atoms with Gasteiger partial charge in [-0.1, -0.05) is 53.5 Å². The van der Waals surface area contributed by atoms with Crippen LogP contribution in [0.15, 0.2) is 41.3 Å². The average molecular weight is 371 g/mol. The van der Waals surface area contributed by atoms with Gasteiger partial charge in [-0.15, -0.1) is 22.9 Å². The highest BCUT2D eigenvalue weighted by Crippen LogP contribution is 2.34. The molecular weight excluding hydrogens is 361 g/mol. The molecular formula is C12H10Cl3NO2S2. The summed E-state index contributed by atoms with van der Waals surface area (Å²) >= 11 is 18.8. The van der Waals surface area contributed by atoms with Crippen LogP contribution >= 0.6 is 46.1 Å². The third-order valence-corrected chi connectivity index (χ3v) is 6.11. The molecule has 0 aliphatic heterocycles. The molecule has 20 heavy (non-hydrogen) atoms. The van der Waals surface area contributed by atoms with Crippen molar-refractivity contribution in [2.24, 2.45) is 0 Å². The monoisotopic (exact) mass is 369 g/mol. The van der Waals surface area contributed by atoms with E-state index in [9.17, 15) is 8.42 Å². The number of sulfonamides is 1. The second kappa shape index (κ2) is 6.64. The SMILES string of the molecule is O=S(=O)(NCC(Cl)c1ccccc1)c1cc(Cl)sc1Cl. The van der Waals surface area contributed by atoms with Crippen LogP contribution in [-0.2, 0) is 10.0 Å². The van der Waals surface area contributed by atoms with Crippen LogP contribution in [0.1, 0.15) is 10.9 Å². The van der Waals surface area contributed by atoms with Gasteiger partial charge in [0.2, 0.25) is 10.0 Å². The molecule has 3 nitrogen and oxygen atoms in total. The first-order valence-corrected chi connectivity index (χ1v) is 9.03. The molecule has 2 rings (SSSR count). The van der Waals surface area contributed by atoms with Crippen LogP contribution in [-0.4, -0.2) is 15.0 Å². The van der Waals surface area contributed by atoms with E-state index in [1.807, 2.05) is 30.3 Å². The molecule has 0 aliphatic carbocycles. The van der Waals surface area contributed by atoms with Gasteiger partial charge in [-0.2, -0.15) is 0 Å². The van der Waals surface area contributed by atoms with Crippen LogP contribution in [0, 0.1) is 0 Å². The van der Waals surface area contributed by atoms with E-state index in [1.165, 1.54) is 6.07 Å². The molecule has 0 amide bonds. The van der Waals surface area contributed by atoms with Gasteiger partial charge in [0.25, 0.3) is 0 Å². The van der Waals surface area contributed by atoms with E-state index in [-0.39, 0.29) is 15.8 Å². The average Bonchev–Trinajstić information content (AvgIpc) is 2.77. The number of thiophene rings is 1. The summed E-state index contributed by atoms with van der Waals surface area (Å²) < 4.78 is 27.1. The predicted molar refractivity (Wildman–Crippen MR) is 84.6 cm³/mol. The van der Waals surface area contributed by atoms with E-state index < -0.39 is 15.4 Å². The lowest BCUT2D eigenvalue weighted by atomic mass is 10.1. The zero-order valence-electron chi connectivity index (χ0n) is 10.0. The van der Waals surface area contributed by atoms with Crippen molar-refractivity contribution in [3.05, 3.63) is 50.6 Å². The minimum absolute atomic E-state index is 0.0221. The normalized spacial score (nSPS) is 13.3. The second-order valence-corrected chi connectivity index (χ2v) is 8.47. The molecule has 1 heterocycles. The lowest BCUT2D eigenvalue weighted by molar-refractivity contribution is 0.581. The summed E-state index contributed by atoms with van der Waals surface area (Å²) in [5.74, 6) is 0. The smallest absolute Gasteiger partial charge is 0.209 e. The summed E-state index contributed by atoms with van der Waals surface area (Å²) in [5, 5.41) is -0.459. The molecule has 0 saturated carbocycles. The van der Waals surface area contributed by atoms with Gasteiger partial charge in [0.05, 0.1) is 9.71 Å². The van der Waals surface area contributed by atoms with Crippen LogP contribution in [0.25, 0.3) is 0 Å². The number of rotatable bonds is 5. The number of alkyl halides is 1. The summed E-state index contributed by atoms with van der Waals surface area (Å²) in [5.41, 5.74) is 0.839. The number of hydrogen-bond acceptors (Lipinski definition) is 3. The minimum Gasteiger partial charge on any atom is -0.209 e. The largest absolute Gasteiger partial charge is 0.243 e. The van der Waals surface area contributed by atoms with Gasteiger partial charge in [0, 0.05) is 6.54 Å². The molecule has 0 radical (unpaired) electrons. The highest BCUT2D eigenvalue weighted by Gasteiger charge is 2.22. The second-order valence-electron chi connectivity index (χ2n) is 3.92. The summed E-state index contributed by atoms with van der Waals surface area (Å²) in [6.07, 6.45) is 0. The number of benzene rings is 1. The summed E-state index contributed by atoms with van der Waals surface area (Å²) in [4.78, 5) is -0.0221. The van der Waals surface area contributed by atoms with Crippen LogP contribution in [0.4, 0.5) is 0 Å². The summed E-state index contributed by atoms with van der Waals surface area (Å²) in [7, 11) is -3.71. The zero-order valence-corrected chi connectivity index (χ0v) is 13.9. The standard InChI is InChI=1S/C12H10Cl3NO2S2/c13-9(8-4-2-1-3-5-8)7-16-20(17,18)10-6-11(14)19-12(10)15/h1-6,9,16H,7H2. The van der Waals surface area contributed by atoms with E-state index in [0.717, 1.165) is 16.9 Å². The topological polar surface area (TPSA) is 46.2 Å². The van der Waals surface area contributed by atoms with Gasteiger partial charge in [0.15, 0.2) is 0 Å². The van der Waals surface area contributed by atoms with Crippen molar-refractivity contribution < 1.29 is 8.42 Å². The molecule has 1 atom stereocenters. The van der Waals surface area contributed by atoms with Crippen LogP contribution in [0.5, 0.6) is 0 Å². The molecule has 8 heteroatoms. The first-order chi connectivity index (χ1) is 9.40. The van der Waals surface area contributed by atoms with Gasteiger partial charge >= 0.3 is 0 Å². The molecule has 1 aromatic heterocycles. The van der Waals surface area contributed by atoms with Crippen molar-refractivity contribution in [3.8, 4) is 0 Å². The number of hydrogen-bond donors (Lipinski definition) is 1. The number of nitrogens with one attached hydrogen (secondary N) is 1. The van der Waals surface area contributed by atoms with Crippen LogP contribution in [0.3, 0.4) is 0 Å². The van der Waals surface area contributed by atoms with E-state index in [2.05, 4.69) is 4.72 Å². The van der Waals surface area contributed by atoms with Crippen molar-refractivity contribution in [2.45, 2.75) is 10.3 Å². The van der Waals surface area contributed by atoms with E-state index in [1.54, 1.807) is 0 Å². The zero-order chi connectivity index (χ0) is 14.8. The Kier molecular flexibility index (Phi) is 5.34. The van der Waals surface area contributed by atoms with Gasteiger partial charge in [0.1, 0.15) is 9.23 Å². The molecule has 0 spiro atoms.